The Bertz CT molecular complexity index is 406. The van der Waals surface area contributed by atoms with Crippen LogP contribution in [0.4, 0.5) is 5.69 Å². The van der Waals surface area contributed by atoms with Gasteiger partial charge in [0, 0.05) is 5.69 Å². The first-order chi connectivity index (χ1) is 8.02. The molecule has 0 saturated heterocycles. The number of methoxy groups -OCH3 is 1. The van der Waals surface area contributed by atoms with Crippen LogP contribution >= 0.6 is 12.4 Å². The van der Waals surface area contributed by atoms with E-state index >= 15 is 0 Å². The van der Waals surface area contributed by atoms with Crippen molar-refractivity contribution in [2.45, 2.75) is 19.4 Å². The molecule has 0 aliphatic rings. The van der Waals surface area contributed by atoms with Crippen molar-refractivity contribution >= 4 is 30.0 Å². The molecule has 1 rings (SSSR count). The molecule has 0 aliphatic heterocycles. The summed E-state index contributed by atoms with van der Waals surface area (Å²) in [5.41, 5.74) is 7.03. The summed E-state index contributed by atoms with van der Waals surface area (Å²) in [6, 6.07) is 6.37. The van der Waals surface area contributed by atoms with Gasteiger partial charge in [-0.05, 0) is 24.6 Å². The molecular formula is C12H17ClN2O3. The summed E-state index contributed by atoms with van der Waals surface area (Å²) < 4.78 is 4.51. The fraction of sp³-hybridized carbons (Fsp3) is 0.333. The van der Waals surface area contributed by atoms with Crippen molar-refractivity contribution in [3.05, 3.63) is 29.8 Å². The van der Waals surface area contributed by atoms with Crippen LogP contribution in [0.15, 0.2) is 24.3 Å². The van der Waals surface area contributed by atoms with Gasteiger partial charge in [0.15, 0.2) is 0 Å². The molecule has 1 aromatic carbocycles. The van der Waals surface area contributed by atoms with Crippen molar-refractivity contribution < 1.29 is 14.3 Å². The quantitative estimate of drug-likeness (QED) is 0.631. The van der Waals surface area contributed by atoms with E-state index in [-0.39, 0.29) is 24.7 Å². The zero-order valence-corrected chi connectivity index (χ0v) is 11.1. The molecule has 0 bridgehead atoms. The number of anilines is 1. The van der Waals surface area contributed by atoms with Crippen molar-refractivity contribution in [1.29, 1.82) is 0 Å². The van der Waals surface area contributed by atoms with Crippen molar-refractivity contribution in [2.24, 2.45) is 0 Å². The highest BCUT2D eigenvalue weighted by Gasteiger charge is 2.15. The third-order valence-electron chi connectivity index (χ3n) is 2.28. The smallest absolute Gasteiger partial charge is 0.328 e. The predicted molar refractivity (Wildman–Crippen MR) is 71.4 cm³/mol. The number of nitrogens with one attached hydrogen (secondary N) is 1. The Labute approximate surface area is 112 Å². The van der Waals surface area contributed by atoms with Crippen LogP contribution in [0.2, 0.25) is 0 Å². The second kappa shape index (κ2) is 7.55. The van der Waals surface area contributed by atoms with E-state index in [1.54, 1.807) is 31.2 Å². The highest BCUT2D eigenvalue weighted by Crippen LogP contribution is 2.06. The van der Waals surface area contributed by atoms with Crippen LogP contribution in [0, 0.1) is 0 Å². The number of amides is 1. The van der Waals surface area contributed by atoms with Gasteiger partial charge in [-0.3, -0.25) is 4.79 Å². The van der Waals surface area contributed by atoms with Gasteiger partial charge in [0.25, 0.3) is 0 Å². The highest BCUT2D eigenvalue weighted by molar-refractivity contribution is 5.85. The van der Waals surface area contributed by atoms with Gasteiger partial charge in [-0.2, -0.15) is 0 Å². The third kappa shape index (κ3) is 5.05. The van der Waals surface area contributed by atoms with Crippen LogP contribution in [0.5, 0.6) is 0 Å². The Kier molecular flexibility index (Phi) is 6.82. The summed E-state index contributed by atoms with van der Waals surface area (Å²) in [6.07, 6.45) is 0.210. The molecule has 1 aromatic rings. The summed E-state index contributed by atoms with van der Waals surface area (Å²) in [5, 5.41) is 2.55. The number of hydrogen-bond acceptors (Lipinski definition) is 4. The highest BCUT2D eigenvalue weighted by atomic mass is 35.5. The van der Waals surface area contributed by atoms with E-state index in [4.69, 9.17) is 5.73 Å². The minimum absolute atomic E-state index is 0. The molecule has 0 unspecified atom stereocenters. The Hall–Kier alpha value is -1.75. The van der Waals surface area contributed by atoms with Gasteiger partial charge in [0.2, 0.25) is 5.91 Å². The predicted octanol–water partition coefficient (Wildman–Crippen LogP) is 0.911. The fourth-order valence-corrected chi connectivity index (χ4v) is 1.35. The van der Waals surface area contributed by atoms with Gasteiger partial charge in [0.05, 0.1) is 13.5 Å². The lowest BCUT2D eigenvalue weighted by atomic mass is 10.1. The summed E-state index contributed by atoms with van der Waals surface area (Å²) >= 11 is 0. The zero-order valence-electron chi connectivity index (χ0n) is 10.3. The number of carbonyl (C=O) groups excluding carboxylic acids is 2. The molecule has 1 atom stereocenters. The van der Waals surface area contributed by atoms with Crippen LogP contribution in [-0.2, 0) is 20.7 Å². The van der Waals surface area contributed by atoms with E-state index in [0.717, 1.165) is 5.56 Å². The van der Waals surface area contributed by atoms with E-state index in [2.05, 4.69) is 10.1 Å². The lowest BCUT2D eigenvalue weighted by molar-refractivity contribution is -0.144. The second-order valence-electron chi connectivity index (χ2n) is 3.73. The number of nitrogen functional groups attached to an aromatic ring is 1. The number of esters is 1. The number of nitrogens with two attached hydrogens (primary N) is 1. The maximum Gasteiger partial charge on any atom is 0.328 e. The topological polar surface area (TPSA) is 81.4 Å². The van der Waals surface area contributed by atoms with Gasteiger partial charge in [-0.15, -0.1) is 12.4 Å². The van der Waals surface area contributed by atoms with Crippen molar-refractivity contribution in [3.63, 3.8) is 0 Å². The molecule has 0 aliphatic carbocycles. The molecule has 100 valence electrons. The molecule has 6 heteroatoms. The Morgan fingerprint density at radius 1 is 1.33 bits per heavy atom. The Morgan fingerprint density at radius 3 is 2.39 bits per heavy atom. The molecular weight excluding hydrogens is 256 g/mol. The largest absolute Gasteiger partial charge is 0.467 e. The van der Waals surface area contributed by atoms with Crippen molar-refractivity contribution in [3.8, 4) is 0 Å². The molecule has 0 fully saturated rings. The molecule has 0 aromatic heterocycles. The van der Waals surface area contributed by atoms with E-state index in [1.807, 2.05) is 0 Å². The standard InChI is InChI=1S/C12H16N2O3.ClH/c1-8(12(16)17-2)14-11(15)7-9-3-5-10(13)6-4-9;/h3-6,8H,7,13H2,1-2H3,(H,14,15);1H/t8-;/m1./s1. The Balaban J connectivity index is 0.00000289. The van der Waals surface area contributed by atoms with Crippen LogP contribution in [0.1, 0.15) is 12.5 Å². The molecule has 3 N–H and O–H groups in total. The van der Waals surface area contributed by atoms with E-state index in [9.17, 15) is 9.59 Å². The minimum Gasteiger partial charge on any atom is -0.467 e. The average Bonchev–Trinajstić information content (AvgIpc) is 2.30. The first-order valence-electron chi connectivity index (χ1n) is 5.24. The first-order valence-corrected chi connectivity index (χ1v) is 5.24. The number of ether oxygens (including phenoxy) is 1. The van der Waals surface area contributed by atoms with Crippen molar-refractivity contribution in [1.82, 2.24) is 5.32 Å². The van der Waals surface area contributed by atoms with Gasteiger partial charge in [0.1, 0.15) is 6.04 Å². The summed E-state index contributed by atoms with van der Waals surface area (Å²) in [5.74, 6) is -0.691. The molecule has 1 amide bonds. The minimum atomic E-state index is -0.638. The lowest BCUT2D eigenvalue weighted by Crippen LogP contribution is -2.39. The van der Waals surface area contributed by atoms with Crippen LogP contribution in [-0.4, -0.2) is 25.0 Å². The van der Waals surface area contributed by atoms with Gasteiger partial charge in [-0.1, -0.05) is 12.1 Å². The second-order valence-corrected chi connectivity index (χ2v) is 3.73. The van der Waals surface area contributed by atoms with Crippen molar-refractivity contribution in [2.75, 3.05) is 12.8 Å². The summed E-state index contributed by atoms with van der Waals surface area (Å²) in [4.78, 5) is 22.7. The maximum atomic E-state index is 11.6. The molecule has 0 saturated carbocycles. The van der Waals surface area contributed by atoms with E-state index < -0.39 is 12.0 Å². The molecule has 5 nitrogen and oxygen atoms in total. The number of carbonyl (C=O) groups is 2. The number of benzene rings is 1. The SMILES string of the molecule is COC(=O)[C@@H](C)NC(=O)Cc1ccc(N)cc1.Cl. The zero-order chi connectivity index (χ0) is 12.8. The van der Waals surface area contributed by atoms with Gasteiger partial charge < -0.3 is 15.8 Å². The molecule has 0 heterocycles. The summed E-state index contributed by atoms with van der Waals surface area (Å²) in [6.45, 7) is 1.58. The number of halogens is 1. The summed E-state index contributed by atoms with van der Waals surface area (Å²) in [7, 11) is 1.28. The lowest BCUT2D eigenvalue weighted by Gasteiger charge is -2.11. The van der Waals surface area contributed by atoms with Crippen LogP contribution < -0.4 is 11.1 Å². The fourth-order valence-electron chi connectivity index (χ4n) is 1.35. The Morgan fingerprint density at radius 2 is 1.89 bits per heavy atom. The van der Waals surface area contributed by atoms with E-state index in [0.29, 0.717) is 5.69 Å². The first kappa shape index (κ1) is 16.2. The number of rotatable bonds is 4. The maximum absolute atomic E-state index is 11.6. The monoisotopic (exact) mass is 272 g/mol. The van der Waals surface area contributed by atoms with E-state index in [1.165, 1.54) is 7.11 Å². The number of hydrogen-bond donors (Lipinski definition) is 2. The molecule has 18 heavy (non-hydrogen) atoms. The normalized spacial score (nSPS) is 11.0. The molecule has 0 radical (unpaired) electrons. The van der Waals surface area contributed by atoms with Gasteiger partial charge in [-0.25, -0.2) is 4.79 Å². The molecule has 0 spiro atoms. The average molecular weight is 273 g/mol. The third-order valence-corrected chi connectivity index (χ3v) is 2.28. The van der Waals surface area contributed by atoms with Crippen LogP contribution in [0.3, 0.4) is 0 Å². The van der Waals surface area contributed by atoms with Gasteiger partial charge >= 0.3 is 5.97 Å². The van der Waals surface area contributed by atoms with Crippen LogP contribution in [0.25, 0.3) is 0 Å².